The van der Waals surface area contributed by atoms with Crippen LogP contribution in [0.1, 0.15) is 60.8 Å². The van der Waals surface area contributed by atoms with Gasteiger partial charge in [-0.2, -0.15) is 0 Å². The van der Waals surface area contributed by atoms with Crippen LogP contribution < -0.4 is 10.1 Å². The summed E-state index contributed by atoms with van der Waals surface area (Å²) < 4.78 is 5.77. The van der Waals surface area contributed by atoms with E-state index in [4.69, 9.17) is 4.74 Å². The number of carboxylic acids is 1. The second kappa shape index (κ2) is 11.1. The number of fused-ring (bicyclic) bond motifs is 3. The summed E-state index contributed by atoms with van der Waals surface area (Å²) in [4.78, 5) is 14.7. The highest BCUT2D eigenvalue weighted by molar-refractivity contribution is 5.74. The van der Waals surface area contributed by atoms with Crippen LogP contribution in [0.3, 0.4) is 0 Å². The van der Waals surface area contributed by atoms with Crippen LogP contribution in [0.25, 0.3) is 0 Å². The summed E-state index contributed by atoms with van der Waals surface area (Å²) in [6.07, 6.45) is 1.69. The number of ether oxygens (including phenoxy) is 1. The van der Waals surface area contributed by atoms with Gasteiger partial charge in [-0.3, -0.25) is 9.69 Å². The molecule has 3 aromatic carbocycles. The van der Waals surface area contributed by atoms with Crippen molar-refractivity contribution in [2.75, 3.05) is 13.7 Å². The minimum absolute atomic E-state index is 0.0237. The zero-order valence-electron chi connectivity index (χ0n) is 22.0. The Labute approximate surface area is 220 Å². The number of hydrogen-bond donors (Lipinski definition) is 2. The number of rotatable bonds is 9. The van der Waals surface area contributed by atoms with E-state index in [9.17, 15) is 9.90 Å². The first-order valence-corrected chi connectivity index (χ1v) is 13.5. The lowest BCUT2D eigenvalue weighted by Crippen LogP contribution is -2.69. The number of carboxylic acid groups (broad SMARTS) is 1. The summed E-state index contributed by atoms with van der Waals surface area (Å²) in [5.41, 5.74) is 4.93. The van der Waals surface area contributed by atoms with Crippen molar-refractivity contribution in [3.63, 3.8) is 0 Å². The van der Waals surface area contributed by atoms with E-state index in [1.807, 2.05) is 18.2 Å². The third kappa shape index (κ3) is 5.03. The first kappa shape index (κ1) is 25.5. The first-order valence-electron chi connectivity index (χ1n) is 13.5. The molecule has 0 saturated carbocycles. The summed E-state index contributed by atoms with van der Waals surface area (Å²) in [5.74, 6) is 0.935. The highest BCUT2D eigenvalue weighted by Gasteiger charge is 2.52. The second-order valence-corrected chi connectivity index (χ2v) is 10.8. The fourth-order valence-corrected chi connectivity index (χ4v) is 6.74. The number of nitrogens with zero attached hydrogens (tertiary/aromatic N) is 1. The molecule has 0 radical (unpaired) electrons. The molecule has 3 fully saturated rings. The van der Waals surface area contributed by atoms with Gasteiger partial charge in [0.25, 0.3) is 0 Å². The van der Waals surface area contributed by atoms with Crippen molar-refractivity contribution in [1.82, 2.24) is 10.2 Å². The van der Waals surface area contributed by atoms with Crippen LogP contribution in [0.5, 0.6) is 5.75 Å². The lowest BCUT2D eigenvalue weighted by atomic mass is 9.68. The third-order valence-electron chi connectivity index (χ3n) is 8.41. The molecule has 2 N–H and O–H groups in total. The van der Waals surface area contributed by atoms with Crippen LogP contribution in [-0.2, 0) is 11.3 Å². The molecule has 3 saturated heterocycles. The van der Waals surface area contributed by atoms with Crippen molar-refractivity contribution in [2.24, 2.45) is 5.92 Å². The van der Waals surface area contributed by atoms with Crippen LogP contribution in [0.15, 0.2) is 78.9 Å². The fourth-order valence-electron chi connectivity index (χ4n) is 6.74. The third-order valence-corrected chi connectivity index (χ3v) is 8.41. The molecule has 5 atom stereocenters. The zero-order chi connectivity index (χ0) is 25.9. The average molecular weight is 499 g/mol. The Kier molecular flexibility index (Phi) is 7.63. The maximum Gasteiger partial charge on any atom is 0.320 e. The van der Waals surface area contributed by atoms with Gasteiger partial charge in [0.05, 0.1) is 7.11 Å². The van der Waals surface area contributed by atoms with Gasteiger partial charge in [-0.15, -0.1) is 0 Å². The number of benzene rings is 3. The van der Waals surface area contributed by atoms with E-state index in [0.717, 1.165) is 18.7 Å². The van der Waals surface area contributed by atoms with E-state index < -0.39 is 12.0 Å². The molecule has 3 heterocycles. The van der Waals surface area contributed by atoms with Gasteiger partial charge < -0.3 is 15.2 Å². The molecule has 194 valence electrons. The van der Waals surface area contributed by atoms with Crippen molar-refractivity contribution in [1.29, 1.82) is 0 Å². The Morgan fingerprint density at radius 1 is 1.00 bits per heavy atom. The smallest absolute Gasteiger partial charge is 0.320 e. The molecular formula is C32H38N2O3. The highest BCUT2D eigenvalue weighted by Crippen LogP contribution is 2.45. The summed E-state index contributed by atoms with van der Waals surface area (Å²) in [6, 6.07) is 27.2. The predicted molar refractivity (Wildman–Crippen MR) is 147 cm³/mol. The number of aliphatic carboxylic acids is 1. The molecule has 3 aromatic rings. The van der Waals surface area contributed by atoms with E-state index in [2.05, 4.69) is 84.7 Å². The molecular weight excluding hydrogens is 460 g/mol. The van der Waals surface area contributed by atoms with Gasteiger partial charge in [0.1, 0.15) is 11.8 Å². The summed E-state index contributed by atoms with van der Waals surface area (Å²) in [7, 11) is 1.73. The number of piperidine rings is 3. The van der Waals surface area contributed by atoms with E-state index >= 15 is 0 Å². The Morgan fingerprint density at radius 2 is 1.65 bits per heavy atom. The van der Waals surface area contributed by atoms with Crippen molar-refractivity contribution in [3.05, 3.63) is 101 Å². The molecule has 2 bridgehead atoms. The minimum Gasteiger partial charge on any atom is -0.496 e. The number of methoxy groups -OCH3 is 1. The maximum atomic E-state index is 12.4. The minimum atomic E-state index is -0.708. The lowest BCUT2D eigenvalue weighted by molar-refractivity contribution is -0.152. The number of nitrogens with one attached hydrogen (secondary N) is 1. The summed E-state index contributed by atoms with van der Waals surface area (Å²) in [5, 5.41) is 14.1. The maximum absolute atomic E-state index is 12.4. The van der Waals surface area contributed by atoms with Gasteiger partial charge in [-0.25, -0.2) is 0 Å². The van der Waals surface area contributed by atoms with Crippen LogP contribution in [-0.4, -0.2) is 47.8 Å². The molecule has 37 heavy (non-hydrogen) atoms. The van der Waals surface area contributed by atoms with Gasteiger partial charge in [0, 0.05) is 30.1 Å². The molecule has 3 aliphatic heterocycles. The van der Waals surface area contributed by atoms with Crippen LogP contribution >= 0.6 is 0 Å². The first-order chi connectivity index (χ1) is 18.0. The van der Waals surface area contributed by atoms with Gasteiger partial charge >= 0.3 is 5.97 Å². The monoisotopic (exact) mass is 498 g/mol. The Morgan fingerprint density at radius 3 is 2.22 bits per heavy atom. The Hall–Kier alpha value is -3.15. The van der Waals surface area contributed by atoms with Gasteiger partial charge in [0.15, 0.2) is 0 Å². The Balaban J connectivity index is 1.56. The SMILES string of the molecule is COc1cccc(C(C)C)c1CN[C@H]1[C@H]2CCN(C(C(=O)O)C2)[C@H]1C(c1ccccc1)c1ccccc1. The topological polar surface area (TPSA) is 61.8 Å². The average Bonchev–Trinajstić information content (AvgIpc) is 2.93. The molecule has 5 nitrogen and oxygen atoms in total. The van der Waals surface area contributed by atoms with Crippen molar-refractivity contribution in [3.8, 4) is 5.75 Å². The van der Waals surface area contributed by atoms with Gasteiger partial charge in [-0.05, 0) is 54.0 Å². The number of carbonyl (C=O) groups is 1. The molecule has 0 aromatic heterocycles. The number of hydrogen-bond acceptors (Lipinski definition) is 4. The summed E-state index contributed by atoms with van der Waals surface area (Å²) in [6.45, 7) is 5.94. The van der Waals surface area contributed by atoms with Crippen molar-refractivity contribution in [2.45, 2.75) is 63.2 Å². The molecule has 0 aliphatic carbocycles. The molecule has 5 heteroatoms. The standard InChI is InChI=1S/C32H38N2O3/c1-21(2)25-15-10-16-28(37-3)26(25)20-33-30-24-17-18-34(27(19-24)32(35)36)31(30)29(22-11-6-4-7-12-22)23-13-8-5-9-14-23/h4-16,21,24,27,29-31,33H,17-20H2,1-3H3,(H,35,36)/t24-,27?,30-,31-/m0/s1. The zero-order valence-corrected chi connectivity index (χ0v) is 22.0. The largest absolute Gasteiger partial charge is 0.496 e. The Bertz CT molecular complexity index is 1160. The van der Waals surface area contributed by atoms with E-state index in [1.54, 1.807) is 7.11 Å². The highest BCUT2D eigenvalue weighted by atomic mass is 16.5. The van der Waals surface area contributed by atoms with Crippen molar-refractivity contribution >= 4 is 5.97 Å². The van der Waals surface area contributed by atoms with E-state index in [0.29, 0.717) is 24.8 Å². The molecule has 6 rings (SSSR count). The van der Waals surface area contributed by atoms with Gasteiger partial charge in [-0.1, -0.05) is 86.6 Å². The molecule has 0 amide bonds. The predicted octanol–water partition coefficient (Wildman–Crippen LogP) is 5.66. The van der Waals surface area contributed by atoms with Crippen LogP contribution in [0.4, 0.5) is 0 Å². The molecule has 0 spiro atoms. The lowest BCUT2D eigenvalue weighted by Gasteiger charge is -2.56. The van der Waals surface area contributed by atoms with E-state index in [1.165, 1.54) is 22.3 Å². The molecule has 2 unspecified atom stereocenters. The van der Waals surface area contributed by atoms with Crippen LogP contribution in [0.2, 0.25) is 0 Å². The fraction of sp³-hybridized carbons (Fsp3) is 0.406. The summed E-state index contributed by atoms with van der Waals surface area (Å²) >= 11 is 0. The van der Waals surface area contributed by atoms with Crippen molar-refractivity contribution < 1.29 is 14.6 Å². The van der Waals surface area contributed by atoms with Crippen LogP contribution in [0, 0.1) is 5.92 Å². The second-order valence-electron chi connectivity index (χ2n) is 10.8. The van der Waals surface area contributed by atoms with E-state index in [-0.39, 0.29) is 18.0 Å². The van der Waals surface area contributed by atoms with Gasteiger partial charge in [0.2, 0.25) is 0 Å². The normalized spacial score (nSPS) is 24.9. The quantitative estimate of drug-likeness (QED) is 0.399. The molecule has 3 aliphatic rings.